The van der Waals surface area contributed by atoms with Gasteiger partial charge in [0.05, 0.1) is 19.6 Å². The molecule has 32 heavy (non-hydrogen) atoms. The largest absolute Gasteiger partial charge is 0.350 e. The number of quaternary nitrogens is 1. The lowest BCUT2D eigenvalue weighted by Gasteiger charge is -2.04. The van der Waals surface area contributed by atoms with Gasteiger partial charge in [0.2, 0.25) is 5.91 Å². The van der Waals surface area contributed by atoms with Gasteiger partial charge in [-0.15, -0.1) is 0 Å². The molecule has 0 spiro atoms. The van der Waals surface area contributed by atoms with E-state index in [2.05, 4.69) is 48.2 Å². The van der Waals surface area contributed by atoms with Crippen molar-refractivity contribution in [3.63, 3.8) is 0 Å². The molecule has 3 nitrogen and oxygen atoms in total. The van der Waals surface area contributed by atoms with E-state index in [0.29, 0.717) is 6.42 Å². The van der Waals surface area contributed by atoms with Gasteiger partial charge in [0, 0.05) is 19.3 Å². The van der Waals surface area contributed by atoms with Crippen LogP contribution in [0.25, 0.3) is 0 Å². The lowest BCUT2D eigenvalue weighted by molar-refractivity contribution is -0.649. The van der Waals surface area contributed by atoms with E-state index in [1.54, 1.807) is 0 Å². The molecule has 0 radical (unpaired) electrons. The minimum Gasteiger partial charge on any atom is -0.350 e. The third-order valence-electron chi connectivity index (χ3n) is 5.81. The second kappa shape index (κ2) is 27.6. The Morgan fingerprint density at radius 1 is 0.656 bits per heavy atom. The van der Waals surface area contributed by atoms with Crippen molar-refractivity contribution in [3.8, 4) is 23.7 Å². The van der Waals surface area contributed by atoms with Crippen molar-refractivity contribution in [1.82, 2.24) is 5.32 Å². The maximum absolute atomic E-state index is 11.7. The highest BCUT2D eigenvalue weighted by molar-refractivity contribution is 5.75. The van der Waals surface area contributed by atoms with Crippen LogP contribution in [0.5, 0.6) is 0 Å². The van der Waals surface area contributed by atoms with E-state index in [9.17, 15) is 4.79 Å². The van der Waals surface area contributed by atoms with Crippen molar-refractivity contribution in [3.05, 3.63) is 0 Å². The number of likely N-dealkylation sites (N-methyl/N-ethyl adjacent to an activating group) is 1. The van der Waals surface area contributed by atoms with E-state index in [1.165, 1.54) is 89.9 Å². The first-order valence-corrected chi connectivity index (χ1v) is 13.8. The SMILES string of the molecule is CCCCCCCCCCCCC#CC#CCCCCCCCCC(=O)NCC[NH2+]CC. The van der Waals surface area contributed by atoms with Crippen LogP contribution in [0.4, 0.5) is 0 Å². The molecule has 1 amide bonds. The third kappa shape index (κ3) is 26.6. The molecule has 0 saturated heterocycles. The van der Waals surface area contributed by atoms with Crippen LogP contribution in [0.3, 0.4) is 0 Å². The summed E-state index contributed by atoms with van der Waals surface area (Å²) in [5.41, 5.74) is 0. The van der Waals surface area contributed by atoms with Crippen molar-refractivity contribution >= 4 is 5.91 Å². The summed E-state index contributed by atoms with van der Waals surface area (Å²) in [5.74, 6) is 12.6. The molecule has 0 atom stereocenters. The molecule has 0 unspecified atom stereocenters. The molecule has 0 rings (SSSR count). The monoisotopic (exact) mass is 445 g/mol. The molecule has 0 heterocycles. The molecular weight excluding hydrogens is 392 g/mol. The van der Waals surface area contributed by atoms with Gasteiger partial charge in [-0.25, -0.2) is 0 Å². The van der Waals surface area contributed by atoms with Gasteiger partial charge in [0.25, 0.3) is 0 Å². The fraction of sp³-hybridized carbons (Fsp3) is 0.828. The van der Waals surface area contributed by atoms with Gasteiger partial charge in [-0.1, -0.05) is 102 Å². The Balaban J connectivity index is 3.29. The van der Waals surface area contributed by atoms with Gasteiger partial charge in [-0.2, -0.15) is 0 Å². The molecule has 0 aliphatic carbocycles. The highest BCUT2D eigenvalue weighted by Crippen LogP contribution is 2.11. The zero-order chi connectivity index (χ0) is 23.4. The normalized spacial score (nSPS) is 10.2. The van der Waals surface area contributed by atoms with Gasteiger partial charge >= 0.3 is 0 Å². The lowest BCUT2D eigenvalue weighted by Crippen LogP contribution is -2.85. The predicted octanol–water partition coefficient (Wildman–Crippen LogP) is 6.12. The Kier molecular flexibility index (Phi) is 26.3. The van der Waals surface area contributed by atoms with Gasteiger partial charge in [0.1, 0.15) is 0 Å². The Morgan fingerprint density at radius 2 is 1.12 bits per heavy atom. The topological polar surface area (TPSA) is 45.7 Å². The summed E-state index contributed by atoms with van der Waals surface area (Å²) in [4.78, 5) is 11.7. The maximum atomic E-state index is 11.7. The van der Waals surface area contributed by atoms with Crippen LogP contribution in [-0.4, -0.2) is 25.5 Å². The van der Waals surface area contributed by atoms with Crippen molar-refractivity contribution in [1.29, 1.82) is 0 Å². The second-order valence-corrected chi connectivity index (χ2v) is 8.99. The van der Waals surface area contributed by atoms with E-state index in [-0.39, 0.29) is 5.91 Å². The van der Waals surface area contributed by atoms with Crippen molar-refractivity contribution in [2.24, 2.45) is 0 Å². The summed E-state index contributed by atoms with van der Waals surface area (Å²) >= 11 is 0. The van der Waals surface area contributed by atoms with Gasteiger partial charge in [-0.05, 0) is 38.0 Å². The quantitative estimate of drug-likeness (QED) is 0.153. The van der Waals surface area contributed by atoms with Gasteiger partial charge < -0.3 is 10.6 Å². The molecule has 0 aliphatic heterocycles. The Bertz CT molecular complexity index is 521. The van der Waals surface area contributed by atoms with E-state index < -0.39 is 0 Å². The molecule has 3 heteroatoms. The zero-order valence-corrected chi connectivity index (χ0v) is 21.5. The summed E-state index contributed by atoms with van der Waals surface area (Å²) in [7, 11) is 0. The molecular formula is C29H53N2O+. The number of carbonyl (C=O) groups excluding carboxylic acids is 1. The van der Waals surface area contributed by atoms with E-state index in [4.69, 9.17) is 0 Å². The number of unbranched alkanes of at least 4 members (excludes halogenated alkanes) is 16. The van der Waals surface area contributed by atoms with E-state index in [0.717, 1.165) is 45.3 Å². The van der Waals surface area contributed by atoms with Crippen molar-refractivity contribution in [2.75, 3.05) is 19.6 Å². The number of nitrogens with one attached hydrogen (secondary N) is 1. The molecule has 0 aliphatic rings. The summed E-state index contributed by atoms with van der Waals surface area (Å²) in [6.45, 7) is 7.25. The van der Waals surface area contributed by atoms with Crippen LogP contribution >= 0.6 is 0 Å². The Labute approximate surface area is 200 Å². The fourth-order valence-corrected chi connectivity index (χ4v) is 3.73. The van der Waals surface area contributed by atoms with Crippen LogP contribution in [0.1, 0.15) is 136 Å². The van der Waals surface area contributed by atoms with Crippen LogP contribution in [0.15, 0.2) is 0 Å². The number of hydrogen-bond donors (Lipinski definition) is 2. The minimum atomic E-state index is 0.207. The average Bonchev–Trinajstić information content (AvgIpc) is 2.80. The average molecular weight is 446 g/mol. The number of amides is 1. The first-order chi connectivity index (χ1) is 15.8. The van der Waals surface area contributed by atoms with Crippen molar-refractivity contribution < 1.29 is 10.1 Å². The standard InChI is InChI=1S/C29H52N2O/c1-3-5-6-7-8-9-10-11-12-13-14-15-16-17-18-19-20-21-22-23-24-25-26-29(32)31-28-27-30-4-2/h30H,3-14,19-28H2,1-2H3,(H,31,32)/p+1. The summed E-state index contributed by atoms with van der Waals surface area (Å²) in [5, 5.41) is 5.19. The summed E-state index contributed by atoms with van der Waals surface area (Å²) in [6, 6.07) is 0. The van der Waals surface area contributed by atoms with E-state index in [1.807, 2.05) is 0 Å². The molecule has 0 aromatic carbocycles. The molecule has 0 aromatic rings. The predicted molar refractivity (Wildman–Crippen MR) is 139 cm³/mol. The number of rotatable bonds is 22. The minimum absolute atomic E-state index is 0.207. The van der Waals surface area contributed by atoms with Crippen LogP contribution in [-0.2, 0) is 4.79 Å². The molecule has 0 bridgehead atoms. The number of hydrogen-bond acceptors (Lipinski definition) is 1. The molecule has 0 fully saturated rings. The molecule has 0 saturated carbocycles. The maximum Gasteiger partial charge on any atom is 0.220 e. The first-order valence-electron chi connectivity index (χ1n) is 13.8. The summed E-state index contributed by atoms with van der Waals surface area (Å²) in [6.07, 6.45) is 23.4. The smallest absolute Gasteiger partial charge is 0.220 e. The summed E-state index contributed by atoms with van der Waals surface area (Å²) < 4.78 is 0. The van der Waals surface area contributed by atoms with Gasteiger partial charge in [0.15, 0.2) is 0 Å². The van der Waals surface area contributed by atoms with Crippen LogP contribution in [0, 0.1) is 23.7 Å². The first kappa shape index (κ1) is 30.6. The second-order valence-electron chi connectivity index (χ2n) is 8.99. The van der Waals surface area contributed by atoms with Crippen molar-refractivity contribution in [2.45, 2.75) is 136 Å². The molecule has 3 N–H and O–H groups in total. The molecule has 184 valence electrons. The molecule has 0 aromatic heterocycles. The lowest BCUT2D eigenvalue weighted by atomic mass is 10.1. The van der Waals surface area contributed by atoms with Gasteiger partial charge in [-0.3, -0.25) is 4.79 Å². The van der Waals surface area contributed by atoms with Crippen LogP contribution < -0.4 is 10.6 Å². The van der Waals surface area contributed by atoms with E-state index >= 15 is 0 Å². The zero-order valence-electron chi connectivity index (χ0n) is 21.5. The number of nitrogens with two attached hydrogens (primary N) is 1. The van der Waals surface area contributed by atoms with Crippen LogP contribution in [0.2, 0.25) is 0 Å². The number of carbonyl (C=O) groups is 1. The Morgan fingerprint density at radius 3 is 1.62 bits per heavy atom. The Hall–Kier alpha value is -1.45. The highest BCUT2D eigenvalue weighted by atomic mass is 16.1. The third-order valence-corrected chi connectivity index (χ3v) is 5.81. The highest BCUT2D eigenvalue weighted by Gasteiger charge is 2.00. The fourth-order valence-electron chi connectivity index (χ4n) is 3.73.